The monoisotopic (exact) mass is 907 g/mol. The third-order valence-electron chi connectivity index (χ3n) is 17.9. The van der Waals surface area contributed by atoms with Crippen LogP contribution in [0.25, 0.3) is 31.3 Å². The van der Waals surface area contributed by atoms with Gasteiger partial charge in [-0.05, 0) is 154 Å². The summed E-state index contributed by atoms with van der Waals surface area (Å²) in [6.45, 7) is 29.6. The Morgan fingerprint density at radius 1 is 0.529 bits per heavy atom. The maximum Gasteiger partial charge on any atom is 0.242 e. The van der Waals surface area contributed by atoms with Crippen LogP contribution in [-0.4, -0.2) is 6.71 Å². The first kappa shape index (κ1) is 45.3. The molecule has 0 N–H and O–H groups in total. The van der Waals surface area contributed by atoms with Crippen molar-refractivity contribution < 1.29 is 0 Å². The molecule has 0 nitrogen and oxygen atoms in total. The van der Waals surface area contributed by atoms with Crippen molar-refractivity contribution in [2.75, 3.05) is 0 Å². The second-order valence-electron chi connectivity index (χ2n) is 24.2. The van der Waals surface area contributed by atoms with E-state index in [-0.39, 0.29) is 40.2 Å². The highest BCUT2D eigenvalue weighted by molar-refractivity contribution is 7.26. The summed E-state index contributed by atoms with van der Waals surface area (Å²) < 4.78 is 2.80. The van der Waals surface area contributed by atoms with Gasteiger partial charge in [-0.15, -0.1) is 11.3 Å². The van der Waals surface area contributed by atoms with Crippen molar-refractivity contribution in [2.24, 2.45) is 0 Å². The van der Waals surface area contributed by atoms with Crippen LogP contribution in [0.5, 0.6) is 0 Å². The molecule has 0 spiro atoms. The fourth-order valence-corrected chi connectivity index (χ4v) is 14.8. The van der Waals surface area contributed by atoms with Crippen LogP contribution in [0.3, 0.4) is 0 Å². The van der Waals surface area contributed by atoms with E-state index in [1.54, 1.807) is 22.3 Å². The number of benzene rings is 7. The fourth-order valence-electron chi connectivity index (χ4n) is 13.5. The summed E-state index contributed by atoms with van der Waals surface area (Å²) in [6.07, 6.45) is 6.99. The molecule has 1 aliphatic heterocycles. The van der Waals surface area contributed by atoms with Crippen molar-refractivity contribution >= 4 is 54.6 Å². The summed E-state index contributed by atoms with van der Waals surface area (Å²) in [7, 11) is 0. The predicted octanol–water partition coefficient (Wildman–Crippen LogP) is 16.1. The van der Waals surface area contributed by atoms with Crippen LogP contribution in [0, 0.1) is 20.8 Å². The maximum atomic E-state index is 2.75. The molecule has 0 saturated heterocycles. The third kappa shape index (κ3) is 7.37. The molecule has 2 heteroatoms. The van der Waals surface area contributed by atoms with Gasteiger partial charge >= 0.3 is 0 Å². The van der Waals surface area contributed by atoms with Crippen molar-refractivity contribution in [3.8, 4) is 11.1 Å². The molecular formula is C66H71BS. The molecule has 3 aliphatic rings. The number of fused-ring (bicyclic) bond motifs is 7. The average Bonchev–Trinajstić information content (AvgIpc) is 3.70. The van der Waals surface area contributed by atoms with E-state index < -0.39 is 0 Å². The summed E-state index contributed by atoms with van der Waals surface area (Å²) in [5.41, 5.74) is 25.6. The average molecular weight is 907 g/mol. The zero-order chi connectivity index (χ0) is 47.7. The van der Waals surface area contributed by atoms with Crippen molar-refractivity contribution in [3.63, 3.8) is 0 Å². The Morgan fingerprint density at radius 2 is 1.15 bits per heavy atom. The van der Waals surface area contributed by atoms with Gasteiger partial charge in [0.2, 0.25) is 6.71 Å². The van der Waals surface area contributed by atoms with Crippen LogP contribution in [-0.2, 0) is 28.1 Å². The number of aryl methyl sites for hydroxylation is 4. The Morgan fingerprint density at radius 3 is 1.85 bits per heavy atom. The van der Waals surface area contributed by atoms with Gasteiger partial charge in [0.1, 0.15) is 0 Å². The van der Waals surface area contributed by atoms with E-state index in [9.17, 15) is 0 Å². The predicted molar refractivity (Wildman–Crippen MR) is 298 cm³/mol. The lowest BCUT2D eigenvalue weighted by molar-refractivity contribution is 0.331. The maximum absolute atomic E-state index is 2.75. The first-order valence-corrected chi connectivity index (χ1v) is 26.7. The fraction of sp³-hybridized carbons (Fsp3) is 0.364. The lowest BCUT2D eigenvalue weighted by atomic mass is 9.31. The summed E-state index contributed by atoms with van der Waals surface area (Å²) in [5, 5.41) is 2.75. The molecule has 0 bridgehead atoms. The van der Waals surface area contributed by atoms with Crippen LogP contribution in [0.15, 0.2) is 127 Å². The molecular weight excluding hydrogens is 836 g/mol. The number of hydrogen-bond acceptors (Lipinski definition) is 1. The Balaban J connectivity index is 1.14. The first-order valence-electron chi connectivity index (χ1n) is 25.9. The van der Waals surface area contributed by atoms with Gasteiger partial charge in [-0.1, -0.05) is 211 Å². The molecule has 2 atom stereocenters. The third-order valence-corrected chi connectivity index (χ3v) is 19.1. The van der Waals surface area contributed by atoms with Crippen molar-refractivity contribution in [2.45, 2.75) is 155 Å². The molecule has 0 radical (unpaired) electrons. The highest BCUT2D eigenvalue weighted by Crippen LogP contribution is 2.49. The molecule has 0 saturated carbocycles. The van der Waals surface area contributed by atoms with E-state index in [0.29, 0.717) is 0 Å². The van der Waals surface area contributed by atoms with E-state index in [2.05, 4.69) is 210 Å². The zero-order valence-electron chi connectivity index (χ0n) is 43.0. The van der Waals surface area contributed by atoms with E-state index in [4.69, 9.17) is 0 Å². The van der Waals surface area contributed by atoms with Gasteiger partial charge in [-0.2, -0.15) is 0 Å². The molecule has 344 valence electrons. The second kappa shape index (κ2) is 16.2. The Bertz CT molecular complexity index is 3300. The van der Waals surface area contributed by atoms with Crippen LogP contribution >= 0.6 is 11.3 Å². The van der Waals surface area contributed by atoms with E-state index in [0.717, 1.165) is 12.8 Å². The molecule has 2 aliphatic carbocycles. The molecule has 8 aromatic rings. The largest absolute Gasteiger partial charge is 0.242 e. The first-order chi connectivity index (χ1) is 32.3. The Labute approximate surface area is 412 Å². The SMILES string of the molecule is Cc1cc(C)c2c(c1)C(CCc1cc3c(cc1C)C(C)(C)CCC3(C)C)c1cc(-c3ccccc3)ccc1B2c1cc2c(cc1C(C)c1cccc3c1sc1ccccc13)C(C)(C)CCC2(C)C. The highest BCUT2D eigenvalue weighted by atomic mass is 32.1. The minimum Gasteiger partial charge on any atom is -0.135 e. The smallest absolute Gasteiger partial charge is 0.135 e. The normalized spacial score (nSPS) is 19.0. The summed E-state index contributed by atoms with van der Waals surface area (Å²) in [6, 6.07) is 50.6. The second-order valence-corrected chi connectivity index (χ2v) is 25.3. The molecule has 68 heavy (non-hydrogen) atoms. The number of rotatable bonds is 7. The van der Waals surface area contributed by atoms with Crippen molar-refractivity contribution in [3.05, 3.63) is 194 Å². The van der Waals surface area contributed by atoms with Crippen molar-refractivity contribution in [1.82, 2.24) is 0 Å². The molecule has 1 aromatic heterocycles. The number of thiophene rings is 1. The van der Waals surface area contributed by atoms with Crippen LogP contribution in [0.1, 0.15) is 173 Å². The van der Waals surface area contributed by atoms with Crippen LogP contribution in [0.2, 0.25) is 0 Å². The Hall–Kier alpha value is -5.18. The summed E-state index contributed by atoms with van der Waals surface area (Å²) >= 11 is 1.97. The number of hydrogen-bond donors (Lipinski definition) is 0. The van der Waals surface area contributed by atoms with Gasteiger partial charge < -0.3 is 0 Å². The van der Waals surface area contributed by atoms with Gasteiger partial charge in [-0.3, -0.25) is 0 Å². The minimum absolute atomic E-state index is 0.0751. The zero-order valence-corrected chi connectivity index (χ0v) is 43.8. The molecule has 0 amide bonds. The van der Waals surface area contributed by atoms with E-state index in [1.807, 2.05) is 11.3 Å². The molecule has 7 aromatic carbocycles. The molecule has 0 fully saturated rings. The van der Waals surface area contributed by atoms with Crippen molar-refractivity contribution in [1.29, 1.82) is 0 Å². The van der Waals surface area contributed by atoms with Gasteiger partial charge in [0.15, 0.2) is 0 Å². The lowest BCUT2D eigenvalue weighted by Gasteiger charge is -2.44. The topological polar surface area (TPSA) is 0 Å². The lowest BCUT2D eigenvalue weighted by Crippen LogP contribution is -2.60. The minimum atomic E-state index is 0.0751. The van der Waals surface area contributed by atoms with E-state index >= 15 is 0 Å². The van der Waals surface area contributed by atoms with Gasteiger partial charge in [0, 0.05) is 32.0 Å². The Kier molecular flexibility index (Phi) is 10.8. The standard InChI is InChI=1S/C66H71BS/c1-40-33-42(3)61-53(34-40)48(27-25-45-37-55-54(35-41(45)2)63(5,6)29-30-64(55,7)8)52-36-46(44-19-14-13-15-20-44)26-28-58(52)67(61)59-39-57-56(65(9,10)31-32-66(57,11)12)38-51(59)43(4)47-22-18-23-50-49-21-16-17-24-60(49)68-62(47)50/h13-24,26,28,33-39,43,48H,25,27,29-32H2,1-12H3. The molecule has 2 heterocycles. The molecule has 2 unspecified atom stereocenters. The van der Waals surface area contributed by atoms with Gasteiger partial charge in [0.05, 0.1) is 0 Å². The van der Waals surface area contributed by atoms with Crippen LogP contribution in [0.4, 0.5) is 0 Å². The van der Waals surface area contributed by atoms with E-state index in [1.165, 1.54) is 118 Å². The van der Waals surface area contributed by atoms with Gasteiger partial charge in [-0.25, -0.2) is 0 Å². The highest BCUT2D eigenvalue weighted by Gasteiger charge is 2.44. The van der Waals surface area contributed by atoms with Gasteiger partial charge in [0.25, 0.3) is 0 Å². The summed E-state index contributed by atoms with van der Waals surface area (Å²) in [5.74, 6) is 0.452. The summed E-state index contributed by atoms with van der Waals surface area (Å²) in [4.78, 5) is 0. The van der Waals surface area contributed by atoms with Crippen LogP contribution < -0.4 is 16.4 Å². The molecule has 11 rings (SSSR count). The quantitative estimate of drug-likeness (QED) is 0.140.